The number of piperidine rings is 1. The van der Waals surface area contributed by atoms with E-state index in [2.05, 4.69) is 56.7 Å². The lowest BCUT2D eigenvalue weighted by atomic mass is 10.0. The second kappa shape index (κ2) is 14.3. The highest BCUT2D eigenvalue weighted by Gasteiger charge is 2.32. The van der Waals surface area contributed by atoms with E-state index in [1.54, 1.807) is 6.07 Å². The number of nitrogens with zero attached hydrogens (tertiary/aromatic N) is 7. The first kappa shape index (κ1) is 36.1. The number of hydrogen-bond donors (Lipinski definition) is 1. The van der Waals surface area contributed by atoms with E-state index >= 15 is 0 Å². The Morgan fingerprint density at radius 2 is 1.76 bits per heavy atom. The summed E-state index contributed by atoms with van der Waals surface area (Å²) in [5, 5.41) is 15.5. The van der Waals surface area contributed by atoms with Crippen LogP contribution in [-0.4, -0.2) is 101 Å². The van der Waals surface area contributed by atoms with E-state index in [-0.39, 0.29) is 17.0 Å². The number of benzene rings is 1. The summed E-state index contributed by atoms with van der Waals surface area (Å²) < 4.78 is 67.2. The van der Waals surface area contributed by atoms with Gasteiger partial charge in [0.2, 0.25) is 10.0 Å². The zero-order chi connectivity index (χ0) is 36.1. The SMILES string of the molecule is CC[C@@H](Cn1c(C#N)cc2c(C)c(CN3CCC(Nc4nc(C5CC5)nc5sc(CC(F)(F)F)cc45)CC3)ccc21)N1CCN(S(C)(=O)=O)CC1. The molecule has 15 heteroatoms. The number of nitriles is 1. The quantitative estimate of drug-likeness (QED) is 0.193. The highest BCUT2D eigenvalue weighted by Crippen LogP contribution is 2.41. The number of aromatic nitrogens is 3. The maximum absolute atomic E-state index is 13.2. The normalized spacial score (nSPS) is 19.5. The lowest BCUT2D eigenvalue weighted by Gasteiger charge is -2.38. The van der Waals surface area contributed by atoms with E-state index < -0.39 is 22.6 Å². The van der Waals surface area contributed by atoms with Gasteiger partial charge in [-0.15, -0.1) is 11.3 Å². The van der Waals surface area contributed by atoms with Crippen LogP contribution in [0.4, 0.5) is 19.0 Å². The van der Waals surface area contributed by atoms with Gasteiger partial charge in [-0.3, -0.25) is 9.80 Å². The van der Waals surface area contributed by atoms with Crippen molar-refractivity contribution in [2.75, 3.05) is 50.8 Å². The first-order valence-corrected chi connectivity index (χ1v) is 20.5. The summed E-state index contributed by atoms with van der Waals surface area (Å²) in [5.41, 5.74) is 4.06. The number of thiophene rings is 1. The largest absolute Gasteiger partial charge is 0.393 e. The molecule has 5 heterocycles. The van der Waals surface area contributed by atoms with E-state index in [9.17, 15) is 26.9 Å². The van der Waals surface area contributed by atoms with Crippen LogP contribution in [0.15, 0.2) is 24.3 Å². The van der Waals surface area contributed by atoms with E-state index in [1.807, 2.05) is 6.07 Å². The van der Waals surface area contributed by atoms with Crippen LogP contribution >= 0.6 is 11.3 Å². The molecule has 2 saturated heterocycles. The molecular weight excluding hydrogens is 698 g/mol. The molecule has 3 aliphatic rings. The number of likely N-dealkylation sites (tertiary alicyclic amines) is 1. The van der Waals surface area contributed by atoms with Gasteiger partial charge in [0.1, 0.15) is 28.2 Å². The number of fused-ring (bicyclic) bond motifs is 2. The fraction of sp³-hybridized carbons (Fsp3) is 0.583. The predicted octanol–water partition coefficient (Wildman–Crippen LogP) is 6.24. The zero-order valence-corrected chi connectivity index (χ0v) is 31.0. The minimum absolute atomic E-state index is 0.161. The van der Waals surface area contributed by atoms with Gasteiger partial charge < -0.3 is 9.88 Å². The number of anilines is 1. The van der Waals surface area contributed by atoms with Crippen molar-refractivity contribution in [3.8, 4) is 6.07 Å². The Kier molecular flexibility index (Phi) is 10.1. The van der Waals surface area contributed by atoms with Crippen molar-refractivity contribution in [1.82, 2.24) is 28.6 Å². The van der Waals surface area contributed by atoms with Gasteiger partial charge in [-0.2, -0.15) is 22.7 Å². The van der Waals surface area contributed by atoms with Crippen molar-refractivity contribution in [1.29, 1.82) is 5.26 Å². The summed E-state index contributed by atoms with van der Waals surface area (Å²) >= 11 is 1.12. The number of rotatable bonds is 11. The highest BCUT2D eigenvalue weighted by atomic mass is 32.2. The maximum Gasteiger partial charge on any atom is 0.393 e. The number of sulfonamides is 1. The molecule has 7 rings (SSSR count). The van der Waals surface area contributed by atoms with Crippen LogP contribution in [0.2, 0.25) is 0 Å². The fourth-order valence-corrected chi connectivity index (χ4v) is 9.56. The van der Waals surface area contributed by atoms with E-state index in [0.29, 0.717) is 60.4 Å². The first-order valence-electron chi connectivity index (χ1n) is 17.9. The highest BCUT2D eigenvalue weighted by molar-refractivity contribution is 7.88. The standard InChI is InChI=1S/C36H45F3N8O2S2/c1-4-27(45-13-15-46(16-14-45)51(3,48)49)22-47-28(20-40)17-30-23(2)25(7-8-32(30)47)21-44-11-9-26(10-12-44)41-34-31-18-29(19-36(37,38)39)50-35(31)43-33(42-34)24-5-6-24/h7-8,17-18,24,26-27H,4-6,9-16,19,21-22H2,1-3H3,(H,41,42,43)/t27-/m0/s1. The zero-order valence-electron chi connectivity index (χ0n) is 29.3. The molecule has 2 aliphatic heterocycles. The molecule has 274 valence electrons. The van der Waals surface area contributed by atoms with Crippen molar-refractivity contribution >= 4 is 48.3 Å². The molecule has 1 aliphatic carbocycles. The van der Waals surface area contributed by atoms with E-state index in [4.69, 9.17) is 4.98 Å². The average molecular weight is 743 g/mol. The van der Waals surface area contributed by atoms with Crippen LogP contribution in [0.1, 0.15) is 72.5 Å². The Hall–Kier alpha value is -3.29. The Morgan fingerprint density at radius 1 is 1.04 bits per heavy atom. The monoisotopic (exact) mass is 742 g/mol. The number of alkyl halides is 3. The van der Waals surface area contributed by atoms with Gasteiger partial charge in [-0.05, 0) is 68.4 Å². The van der Waals surface area contributed by atoms with Gasteiger partial charge >= 0.3 is 6.18 Å². The van der Waals surface area contributed by atoms with Gasteiger partial charge in [-0.25, -0.2) is 18.4 Å². The summed E-state index contributed by atoms with van der Waals surface area (Å²) in [5.74, 6) is 1.69. The molecule has 3 aromatic heterocycles. The fourth-order valence-electron chi connectivity index (χ4n) is 7.67. The van der Waals surface area contributed by atoms with Crippen molar-refractivity contribution in [3.05, 3.63) is 51.8 Å². The molecular formula is C36H45F3N8O2S2. The summed E-state index contributed by atoms with van der Waals surface area (Å²) in [7, 11) is -3.20. The van der Waals surface area contributed by atoms with Gasteiger partial charge in [-0.1, -0.05) is 13.0 Å². The Labute approximate surface area is 301 Å². The van der Waals surface area contributed by atoms with Crippen LogP contribution in [0.25, 0.3) is 21.1 Å². The maximum atomic E-state index is 13.2. The molecule has 4 aromatic rings. The summed E-state index contributed by atoms with van der Waals surface area (Å²) in [4.78, 5) is 15.1. The molecule has 0 bridgehead atoms. The summed E-state index contributed by atoms with van der Waals surface area (Å²) in [6.45, 7) is 9.77. The van der Waals surface area contributed by atoms with Gasteiger partial charge in [0, 0.05) is 86.1 Å². The molecule has 1 atom stereocenters. The predicted molar refractivity (Wildman–Crippen MR) is 195 cm³/mol. The van der Waals surface area contributed by atoms with Crippen LogP contribution in [0.3, 0.4) is 0 Å². The van der Waals surface area contributed by atoms with Crippen LogP contribution < -0.4 is 5.32 Å². The molecule has 10 nitrogen and oxygen atoms in total. The van der Waals surface area contributed by atoms with E-state index in [0.717, 1.165) is 79.8 Å². The molecule has 1 aromatic carbocycles. The van der Waals surface area contributed by atoms with Gasteiger partial charge in [0.05, 0.1) is 18.1 Å². The third kappa shape index (κ3) is 8.05. The smallest absolute Gasteiger partial charge is 0.367 e. The topological polar surface area (TPSA) is 110 Å². The van der Waals surface area contributed by atoms with Gasteiger partial charge in [0.15, 0.2) is 0 Å². The molecule has 0 spiro atoms. The van der Waals surface area contributed by atoms with Gasteiger partial charge in [0.25, 0.3) is 0 Å². The first-order chi connectivity index (χ1) is 24.3. The molecule has 0 radical (unpaired) electrons. The number of nitrogens with one attached hydrogen (secondary N) is 1. The second-order valence-corrected chi connectivity index (χ2v) is 17.5. The van der Waals surface area contributed by atoms with Crippen LogP contribution in [0.5, 0.6) is 0 Å². The molecule has 51 heavy (non-hydrogen) atoms. The lowest BCUT2D eigenvalue weighted by molar-refractivity contribution is -0.126. The van der Waals surface area contributed by atoms with Crippen molar-refractivity contribution in [2.45, 2.75) is 89.6 Å². The van der Waals surface area contributed by atoms with Crippen LogP contribution in [-0.2, 0) is 29.5 Å². The lowest BCUT2D eigenvalue weighted by Crippen LogP contribution is -2.52. The van der Waals surface area contributed by atoms with Crippen molar-refractivity contribution < 1.29 is 21.6 Å². The Morgan fingerprint density at radius 3 is 2.39 bits per heavy atom. The van der Waals surface area contributed by atoms with Crippen LogP contribution in [0, 0.1) is 18.3 Å². The Bertz CT molecular complexity index is 2050. The summed E-state index contributed by atoms with van der Waals surface area (Å²) in [6.07, 6.45) is 0.739. The minimum atomic E-state index is -4.27. The average Bonchev–Trinajstić information content (AvgIpc) is 3.76. The third-order valence-electron chi connectivity index (χ3n) is 10.8. The number of piperazine rings is 1. The van der Waals surface area contributed by atoms with E-state index in [1.165, 1.54) is 21.7 Å². The number of hydrogen-bond acceptors (Lipinski definition) is 9. The Balaban J connectivity index is 1.01. The van der Waals surface area contributed by atoms with Crippen molar-refractivity contribution in [3.63, 3.8) is 0 Å². The number of halogens is 3. The van der Waals surface area contributed by atoms with Crippen molar-refractivity contribution in [2.24, 2.45) is 0 Å². The minimum Gasteiger partial charge on any atom is -0.367 e. The molecule has 1 saturated carbocycles. The molecule has 0 amide bonds. The molecule has 0 unspecified atom stereocenters. The third-order valence-corrected chi connectivity index (χ3v) is 13.1. The number of aryl methyl sites for hydroxylation is 1. The second-order valence-electron chi connectivity index (χ2n) is 14.4. The summed E-state index contributed by atoms with van der Waals surface area (Å²) in [6, 6.07) is 10.7. The molecule has 1 N–H and O–H groups in total. The molecule has 3 fully saturated rings.